The van der Waals surface area contributed by atoms with Gasteiger partial charge in [-0.15, -0.1) is 0 Å². The van der Waals surface area contributed by atoms with E-state index in [1.54, 1.807) is 0 Å². The number of likely N-dealkylation sites (tertiary alicyclic amines) is 1. The molecule has 49 heavy (non-hydrogen) atoms. The summed E-state index contributed by atoms with van der Waals surface area (Å²) in [6.45, 7) is -2.53. The number of amides is 1. The molecular formula is C33H30F7N3O6. The number of fused-ring (bicyclic) bond motifs is 1. The average Bonchev–Trinajstić information content (AvgIpc) is 3.08. The summed E-state index contributed by atoms with van der Waals surface area (Å²) in [5.74, 6) is -2.81. The van der Waals surface area contributed by atoms with Crippen LogP contribution in [0.5, 0.6) is 17.2 Å². The minimum atomic E-state index is -4.85. The predicted octanol–water partition coefficient (Wildman–Crippen LogP) is 5.58. The summed E-state index contributed by atoms with van der Waals surface area (Å²) in [6, 6.07) is 8.16. The van der Waals surface area contributed by atoms with Crippen LogP contribution in [0, 0.1) is 11.6 Å². The highest BCUT2D eigenvalue weighted by Crippen LogP contribution is 2.33. The van der Waals surface area contributed by atoms with Crippen molar-refractivity contribution in [2.45, 2.75) is 44.3 Å². The van der Waals surface area contributed by atoms with Gasteiger partial charge in [0.1, 0.15) is 25.8 Å². The van der Waals surface area contributed by atoms with Crippen LogP contribution in [0.4, 0.5) is 30.7 Å². The molecule has 4 aromatic rings. The molecule has 5 rings (SSSR count). The average molecular weight is 698 g/mol. The zero-order chi connectivity index (χ0) is 35.5. The zero-order valence-electron chi connectivity index (χ0n) is 25.9. The summed E-state index contributed by atoms with van der Waals surface area (Å²) in [6.07, 6.45) is -5.15. The smallest absolute Gasteiger partial charge is 0.419 e. The quantitative estimate of drug-likeness (QED) is 0.142. The number of benzene rings is 3. The highest BCUT2D eigenvalue weighted by Gasteiger charge is 2.34. The van der Waals surface area contributed by atoms with Crippen LogP contribution in [0.15, 0.2) is 58.1 Å². The van der Waals surface area contributed by atoms with Crippen LogP contribution in [-0.2, 0) is 24.1 Å². The number of halogens is 7. The Morgan fingerprint density at radius 2 is 1.59 bits per heavy atom. The lowest BCUT2D eigenvalue weighted by Gasteiger charge is -2.31. The van der Waals surface area contributed by atoms with Crippen LogP contribution in [0.1, 0.15) is 35.6 Å². The molecular weight excluding hydrogens is 667 g/mol. The van der Waals surface area contributed by atoms with Gasteiger partial charge in [-0.25, -0.2) is 22.4 Å². The number of hydrogen-bond donors (Lipinski definition) is 0. The van der Waals surface area contributed by atoms with E-state index in [1.807, 2.05) is 0 Å². The second kappa shape index (κ2) is 14.6. The Balaban J connectivity index is 1.50. The molecule has 0 aliphatic carbocycles. The first-order valence-electron chi connectivity index (χ1n) is 15.0. The molecule has 0 unspecified atom stereocenters. The normalized spacial score (nSPS) is 14.0. The molecule has 0 saturated carbocycles. The van der Waals surface area contributed by atoms with Gasteiger partial charge in [0, 0.05) is 25.2 Å². The first-order chi connectivity index (χ1) is 23.4. The Hall–Kier alpha value is -5.02. The van der Waals surface area contributed by atoms with Crippen molar-refractivity contribution in [3.8, 4) is 17.2 Å². The molecule has 9 nitrogen and oxygen atoms in total. The third-order valence-corrected chi connectivity index (χ3v) is 8.18. The van der Waals surface area contributed by atoms with Gasteiger partial charge in [-0.05, 0) is 54.3 Å². The molecule has 1 aliphatic heterocycles. The van der Waals surface area contributed by atoms with Crippen molar-refractivity contribution in [1.82, 2.24) is 14.0 Å². The minimum Gasteiger partial charge on any atom is -0.493 e. The van der Waals surface area contributed by atoms with Gasteiger partial charge in [-0.1, -0.05) is 12.1 Å². The van der Waals surface area contributed by atoms with E-state index in [-0.39, 0.29) is 41.1 Å². The van der Waals surface area contributed by atoms with Crippen molar-refractivity contribution < 1.29 is 49.7 Å². The van der Waals surface area contributed by atoms with Crippen molar-refractivity contribution in [3.63, 3.8) is 0 Å². The predicted molar refractivity (Wildman–Crippen MR) is 163 cm³/mol. The van der Waals surface area contributed by atoms with E-state index >= 15 is 4.39 Å². The van der Waals surface area contributed by atoms with Gasteiger partial charge in [-0.2, -0.15) is 13.2 Å². The molecule has 1 fully saturated rings. The fourth-order valence-electron chi connectivity index (χ4n) is 5.65. The molecule has 1 aliphatic rings. The summed E-state index contributed by atoms with van der Waals surface area (Å²) in [7, 11) is 1.31. The van der Waals surface area contributed by atoms with E-state index in [0.717, 1.165) is 22.8 Å². The lowest BCUT2D eigenvalue weighted by molar-refractivity contribution is -0.140. The Labute approximate surface area is 274 Å². The molecule has 3 aromatic carbocycles. The lowest BCUT2D eigenvalue weighted by Crippen LogP contribution is -2.44. The standard InChI is InChI=1S/C33H30F7N3O6/c1-47-30-11-19(3-5-28(30)48-17-20-2-4-24(25(36)10-20)33(38,39)40)16-42-31(45)23-12-29(49-22(14-34)15-35)26(37)13-27(23)43(32(42)46)21-6-8-41(18-44)9-7-21/h2-5,10-13,18,21-22H,6-9,14-17H2,1H3. The number of aromatic nitrogens is 2. The Morgan fingerprint density at radius 1 is 0.898 bits per heavy atom. The number of alkyl halides is 5. The Kier molecular flexibility index (Phi) is 10.5. The van der Waals surface area contributed by atoms with Crippen molar-refractivity contribution in [3.05, 3.63) is 97.7 Å². The maximum Gasteiger partial charge on any atom is 0.419 e. The van der Waals surface area contributed by atoms with Gasteiger partial charge in [0.05, 0.1) is 30.1 Å². The minimum absolute atomic E-state index is 0.0567. The van der Waals surface area contributed by atoms with Gasteiger partial charge in [-0.3, -0.25) is 18.7 Å². The summed E-state index contributed by atoms with van der Waals surface area (Å²) < 4.78 is 113. The van der Waals surface area contributed by atoms with E-state index in [0.29, 0.717) is 50.0 Å². The molecule has 0 spiro atoms. The van der Waals surface area contributed by atoms with Crippen molar-refractivity contribution >= 4 is 17.3 Å². The van der Waals surface area contributed by atoms with Crippen molar-refractivity contribution in [1.29, 1.82) is 0 Å². The van der Waals surface area contributed by atoms with E-state index in [2.05, 4.69) is 0 Å². The highest BCUT2D eigenvalue weighted by atomic mass is 19.4. The maximum atomic E-state index is 15.2. The second-order valence-electron chi connectivity index (χ2n) is 11.4. The molecule has 0 radical (unpaired) electrons. The van der Waals surface area contributed by atoms with Crippen molar-refractivity contribution in [2.75, 3.05) is 33.5 Å². The topological polar surface area (TPSA) is 92.0 Å². The first-order valence-corrected chi connectivity index (χ1v) is 15.0. The fraction of sp³-hybridized carbons (Fsp3) is 0.364. The summed E-state index contributed by atoms with van der Waals surface area (Å²) in [4.78, 5) is 40.5. The van der Waals surface area contributed by atoms with Crippen molar-refractivity contribution in [2.24, 2.45) is 0 Å². The monoisotopic (exact) mass is 697 g/mol. The summed E-state index contributed by atoms with van der Waals surface area (Å²) in [5.41, 5.74) is -2.60. The van der Waals surface area contributed by atoms with Crippen LogP contribution >= 0.6 is 0 Å². The zero-order valence-corrected chi connectivity index (χ0v) is 25.9. The number of ether oxygens (including phenoxy) is 3. The molecule has 2 heterocycles. The number of rotatable bonds is 12. The van der Waals surface area contributed by atoms with E-state index < -0.39 is 65.9 Å². The second-order valence-corrected chi connectivity index (χ2v) is 11.4. The third kappa shape index (κ3) is 7.52. The summed E-state index contributed by atoms with van der Waals surface area (Å²) >= 11 is 0. The SMILES string of the molecule is COc1cc(Cn2c(=O)c3cc(OC(CF)CF)c(F)cc3n(C3CCN(C=O)CC3)c2=O)ccc1OCc1ccc(C(F)(F)F)c(F)c1. The van der Waals surface area contributed by atoms with Crippen LogP contribution < -0.4 is 25.5 Å². The highest BCUT2D eigenvalue weighted by molar-refractivity contribution is 5.80. The third-order valence-electron chi connectivity index (χ3n) is 8.18. The van der Waals surface area contributed by atoms with Crippen LogP contribution in [0.2, 0.25) is 0 Å². The van der Waals surface area contributed by atoms with Crippen LogP contribution in [0.25, 0.3) is 10.9 Å². The lowest BCUT2D eigenvalue weighted by atomic mass is 10.0. The molecule has 1 saturated heterocycles. The number of carbonyl (C=O) groups is 1. The largest absolute Gasteiger partial charge is 0.493 e. The molecule has 0 atom stereocenters. The molecule has 0 bridgehead atoms. The number of hydrogen-bond acceptors (Lipinski definition) is 6. The van der Waals surface area contributed by atoms with Crippen LogP contribution in [0.3, 0.4) is 0 Å². The van der Waals surface area contributed by atoms with Gasteiger partial charge < -0.3 is 19.1 Å². The number of nitrogens with zero attached hydrogens (tertiary/aromatic N) is 3. The van der Waals surface area contributed by atoms with E-state index in [9.17, 15) is 40.7 Å². The Morgan fingerprint density at radius 3 is 2.20 bits per heavy atom. The molecule has 262 valence electrons. The first kappa shape index (κ1) is 35.3. The molecule has 16 heteroatoms. The molecule has 0 N–H and O–H groups in total. The molecule has 1 amide bonds. The van der Waals surface area contributed by atoms with E-state index in [1.165, 1.54) is 34.8 Å². The van der Waals surface area contributed by atoms with Gasteiger partial charge in [0.25, 0.3) is 5.56 Å². The fourth-order valence-corrected chi connectivity index (χ4v) is 5.65. The summed E-state index contributed by atoms with van der Waals surface area (Å²) in [5, 5.41) is -0.152. The maximum absolute atomic E-state index is 15.2. The van der Waals surface area contributed by atoms with Gasteiger partial charge in [0.2, 0.25) is 6.41 Å². The van der Waals surface area contributed by atoms with Gasteiger partial charge >= 0.3 is 11.9 Å². The van der Waals surface area contributed by atoms with E-state index in [4.69, 9.17) is 14.2 Å². The number of methoxy groups -OCH3 is 1. The number of piperidine rings is 1. The number of carbonyl (C=O) groups excluding carboxylic acids is 1. The van der Waals surface area contributed by atoms with Gasteiger partial charge in [0.15, 0.2) is 29.2 Å². The Bertz CT molecular complexity index is 1950. The van der Waals surface area contributed by atoms with Crippen LogP contribution in [-0.4, -0.2) is 60.1 Å². The molecule has 1 aromatic heterocycles.